The second-order valence-corrected chi connectivity index (χ2v) is 7.38. The summed E-state index contributed by atoms with van der Waals surface area (Å²) in [4.78, 5) is 39.9. The van der Waals surface area contributed by atoms with Gasteiger partial charge >= 0.3 is 0 Å². The van der Waals surface area contributed by atoms with E-state index in [2.05, 4.69) is 10.2 Å². The lowest BCUT2D eigenvalue weighted by Crippen LogP contribution is -2.48. The van der Waals surface area contributed by atoms with Gasteiger partial charge in [-0.1, -0.05) is 29.8 Å². The highest BCUT2D eigenvalue weighted by molar-refractivity contribution is 6.00. The second-order valence-electron chi connectivity index (χ2n) is 7.38. The molecule has 0 saturated carbocycles. The van der Waals surface area contributed by atoms with Crippen molar-refractivity contribution < 1.29 is 14.4 Å². The predicted octanol–water partition coefficient (Wildman–Crippen LogP) is 3.27. The minimum absolute atomic E-state index is 0.0276. The molecule has 0 bridgehead atoms. The molecule has 1 heterocycles. The van der Waals surface area contributed by atoms with Crippen LogP contribution in [0, 0.1) is 6.92 Å². The van der Waals surface area contributed by atoms with Gasteiger partial charge in [0, 0.05) is 62.9 Å². The maximum absolute atomic E-state index is 12.2. The zero-order valence-corrected chi connectivity index (χ0v) is 17.0. The summed E-state index contributed by atoms with van der Waals surface area (Å²) < 4.78 is 0. The van der Waals surface area contributed by atoms with Crippen molar-refractivity contribution in [2.75, 3.05) is 36.4 Å². The number of amides is 2. The van der Waals surface area contributed by atoms with Gasteiger partial charge < -0.3 is 15.1 Å². The summed E-state index contributed by atoms with van der Waals surface area (Å²) >= 11 is 0. The van der Waals surface area contributed by atoms with E-state index >= 15 is 0 Å². The molecule has 152 valence electrons. The van der Waals surface area contributed by atoms with Crippen LogP contribution in [-0.4, -0.2) is 48.7 Å². The van der Waals surface area contributed by atoms with Crippen LogP contribution in [0.25, 0.3) is 0 Å². The molecule has 0 aromatic heterocycles. The molecule has 1 aliphatic heterocycles. The van der Waals surface area contributed by atoms with Crippen molar-refractivity contribution in [3.63, 3.8) is 0 Å². The number of rotatable bonds is 6. The van der Waals surface area contributed by atoms with Crippen LogP contribution < -0.4 is 10.2 Å². The number of benzene rings is 2. The maximum Gasteiger partial charge on any atom is 0.224 e. The lowest BCUT2D eigenvalue weighted by Gasteiger charge is -2.35. The Morgan fingerprint density at radius 2 is 1.48 bits per heavy atom. The fourth-order valence-electron chi connectivity index (χ4n) is 3.37. The van der Waals surface area contributed by atoms with E-state index < -0.39 is 0 Å². The Morgan fingerprint density at radius 1 is 0.862 bits per heavy atom. The van der Waals surface area contributed by atoms with E-state index in [4.69, 9.17) is 0 Å². The summed E-state index contributed by atoms with van der Waals surface area (Å²) in [5.74, 6) is -0.0861. The Kier molecular flexibility index (Phi) is 6.65. The molecule has 0 aliphatic carbocycles. The van der Waals surface area contributed by atoms with Crippen molar-refractivity contribution in [1.82, 2.24) is 4.90 Å². The molecule has 0 unspecified atom stereocenters. The average molecular weight is 393 g/mol. The second kappa shape index (κ2) is 9.37. The third-order valence-electron chi connectivity index (χ3n) is 5.19. The van der Waals surface area contributed by atoms with Gasteiger partial charge in [0.1, 0.15) is 0 Å². The number of Topliss-reactive ketones (excluding diaryl/α,β-unsaturated/α-hetero) is 1. The Morgan fingerprint density at radius 3 is 2.07 bits per heavy atom. The number of carbonyl (C=O) groups is 3. The SMILES string of the molecule is CC(=O)N1CCN(c2ccc(NC(=O)CCC(=O)c3ccc(C)cc3)cc2)CC1. The van der Waals surface area contributed by atoms with Crippen LogP contribution in [-0.2, 0) is 9.59 Å². The summed E-state index contributed by atoms with van der Waals surface area (Å²) in [6.45, 7) is 6.62. The molecular formula is C23H27N3O3. The van der Waals surface area contributed by atoms with Gasteiger partial charge in [-0.05, 0) is 31.2 Å². The van der Waals surface area contributed by atoms with Gasteiger partial charge in [-0.2, -0.15) is 0 Å². The van der Waals surface area contributed by atoms with Crippen LogP contribution in [0.2, 0.25) is 0 Å². The zero-order chi connectivity index (χ0) is 20.8. The van der Waals surface area contributed by atoms with Gasteiger partial charge in [-0.25, -0.2) is 0 Å². The number of piperazine rings is 1. The largest absolute Gasteiger partial charge is 0.368 e. The van der Waals surface area contributed by atoms with E-state index in [0.717, 1.165) is 37.4 Å². The molecule has 1 aliphatic rings. The minimum Gasteiger partial charge on any atom is -0.368 e. The van der Waals surface area contributed by atoms with E-state index in [-0.39, 0.29) is 30.4 Å². The smallest absolute Gasteiger partial charge is 0.224 e. The highest BCUT2D eigenvalue weighted by Gasteiger charge is 2.18. The Hall–Kier alpha value is -3.15. The molecule has 1 fully saturated rings. The highest BCUT2D eigenvalue weighted by atomic mass is 16.2. The van der Waals surface area contributed by atoms with Gasteiger partial charge in [0.15, 0.2) is 5.78 Å². The number of aryl methyl sites for hydroxylation is 1. The average Bonchev–Trinajstić information content (AvgIpc) is 2.73. The first-order valence-electron chi connectivity index (χ1n) is 9.92. The maximum atomic E-state index is 12.2. The number of nitrogens with one attached hydrogen (secondary N) is 1. The molecule has 1 saturated heterocycles. The van der Waals surface area contributed by atoms with Crippen molar-refractivity contribution >= 4 is 29.0 Å². The molecule has 2 aromatic carbocycles. The van der Waals surface area contributed by atoms with E-state index in [0.29, 0.717) is 11.3 Å². The molecule has 2 amide bonds. The molecule has 3 rings (SSSR count). The number of hydrogen-bond donors (Lipinski definition) is 1. The monoisotopic (exact) mass is 393 g/mol. The summed E-state index contributed by atoms with van der Waals surface area (Å²) in [6.07, 6.45) is 0.342. The highest BCUT2D eigenvalue weighted by Crippen LogP contribution is 2.20. The molecule has 2 aromatic rings. The molecule has 29 heavy (non-hydrogen) atoms. The third kappa shape index (κ3) is 5.67. The van der Waals surface area contributed by atoms with Gasteiger partial charge in [0.05, 0.1) is 0 Å². The predicted molar refractivity (Wildman–Crippen MR) is 114 cm³/mol. The molecule has 0 atom stereocenters. The molecule has 0 spiro atoms. The third-order valence-corrected chi connectivity index (χ3v) is 5.19. The minimum atomic E-state index is -0.173. The van der Waals surface area contributed by atoms with Crippen LogP contribution in [0.1, 0.15) is 35.7 Å². The normalized spacial score (nSPS) is 13.9. The molecule has 0 radical (unpaired) electrons. The van der Waals surface area contributed by atoms with Gasteiger partial charge in [0.25, 0.3) is 0 Å². The number of ketones is 1. The number of carbonyl (C=O) groups excluding carboxylic acids is 3. The van der Waals surface area contributed by atoms with Crippen molar-refractivity contribution in [2.45, 2.75) is 26.7 Å². The standard InChI is InChI=1S/C23H27N3O3/c1-17-3-5-19(6-4-17)22(28)11-12-23(29)24-20-7-9-21(10-8-20)26-15-13-25(14-16-26)18(2)27/h3-10H,11-16H2,1-2H3,(H,24,29). The summed E-state index contributed by atoms with van der Waals surface area (Å²) in [5, 5.41) is 2.85. The fourth-order valence-corrected chi connectivity index (χ4v) is 3.37. The van der Waals surface area contributed by atoms with Crippen molar-refractivity contribution in [3.8, 4) is 0 Å². The van der Waals surface area contributed by atoms with Crippen LogP contribution in [0.4, 0.5) is 11.4 Å². The first kappa shape index (κ1) is 20.6. The van der Waals surface area contributed by atoms with Gasteiger partial charge in [-0.3, -0.25) is 14.4 Å². The topological polar surface area (TPSA) is 69.7 Å². The lowest BCUT2D eigenvalue weighted by atomic mass is 10.0. The first-order chi connectivity index (χ1) is 13.9. The van der Waals surface area contributed by atoms with E-state index in [1.165, 1.54) is 0 Å². The Bertz CT molecular complexity index is 867. The van der Waals surface area contributed by atoms with Crippen LogP contribution in [0.15, 0.2) is 48.5 Å². The van der Waals surface area contributed by atoms with E-state index in [1.54, 1.807) is 19.1 Å². The molecular weight excluding hydrogens is 366 g/mol. The fraction of sp³-hybridized carbons (Fsp3) is 0.348. The number of anilines is 2. The van der Waals surface area contributed by atoms with Crippen molar-refractivity contribution in [2.24, 2.45) is 0 Å². The number of hydrogen-bond acceptors (Lipinski definition) is 4. The summed E-state index contributed by atoms with van der Waals surface area (Å²) in [6, 6.07) is 15.1. The van der Waals surface area contributed by atoms with Gasteiger partial charge in [0.2, 0.25) is 11.8 Å². The molecule has 1 N–H and O–H groups in total. The Labute approximate surface area is 171 Å². The lowest BCUT2D eigenvalue weighted by molar-refractivity contribution is -0.129. The van der Waals surface area contributed by atoms with Crippen LogP contribution >= 0.6 is 0 Å². The van der Waals surface area contributed by atoms with Gasteiger partial charge in [-0.15, -0.1) is 0 Å². The quantitative estimate of drug-likeness (QED) is 0.765. The van der Waals surface area contributed by atoms with Crippen LogP contribution in [0.3, 0.4) is 0 Å². The summed E-state index contributed by atoms with van der Waals surface area (Å²) in [7, 11) is 0. The molecule has 6 heteroatoms. The van der Waals surface area contributed by atoms with Crippen molar-refractivity contribution in [1.29, 1.82) is 0 Å². The Balaban J connectivity index is 1.47. The molecule has 6 nitrogen and oxygen atoms in total. The first-order valence-corrected chi connectivity index (χ1v) is 9.92. The summed E-state index contributed by atoms with van der Waals surface area (Å²) in [5.41, 5.74) is 3.52. The van der Waals surface area contributed by atoms with Crippen LogP contribution in [0.5, 0.6) is 0 Å². The van der Waals surface area contributed by atoms with E-state index in [1.807, 2.05) is 48.2 Å². The van der Waals surface area contributed by atoms with E-state index in [9.17, 15) is 14.4 Å². The zero-order valence-electron chi connectivity index (χ0n) is 17.0. The van der Waals surface area contributed by atoms with Crippen molar-refractivity contribution in [3.05, 3.63) is 59.7 Å². The number of nitrogens with zero attached hydrogens (tertiary/aromatic N) is 2.